The van der Waals surface area contributed by atoms with Crippen LogP contribution in [-0.4, -0.2) is 35.5 Å². The standard InChI is InChI=1S/C23H26N2O2/c1-2-17-7-3-6-10-22(17)27-16-23(26)25-13-11-18(12-14-25)20-15-24-21-9-5-4-8-19(20)21/h3-10,15,18,24H,2,11-14,16H2,1H3. The third kappa shape index (κ3) is 3.70. The van der Waals surface area contributed by atoms with Crippen LogP contribution >= 0.6 is 0 Å². The number of piperidine rings is 1. The first-order valence-electron chi connectivity index (χ1n) is 9.80. The first kappa shape index (κ1) is 17.7. The van der Waals surface area contributed by atoms with E-state index in [2.05, 4.69) is 42.4 Å². The van der Waals surface area contributed by atoms with Gasteiger partial charge in [-0.05, 0) is 48.4 Å². The largest absolute Gasteiger partial charge is 0.483 e. The number of carbonyl (C=O) groups is 1. The maximum atomic E-state index is 12.6. The number of hydrogen-bond donors (Lipinski definition) is 1. The molecule has 0 bridgehead atoms. The summed E-state index contributed by atoms with van der Waals surface area (Å²) >= 11 is 0. The van der Waals surface area contributed by atoms with E-state index in [1.54, 1.807) is 0 Å². The van der Waals surface area contributed by atoms with Crippen molar-refractivity contribution < 1.29 is 9.53 Å². The highest BCUT2D eigenvalue weighted by Gasteiger charge is 2.25. The summed E-state index contributed by atoms with van der Waals surface area (Å²) in [5, 5.41) is 1.31. The van der Waals surface area contributed by atoms with E-state index in [0.717, 1.165) is 43.7 Å². The fourth-order valence-corrected chi connectivity index (χ4v) is 4.04. The summed E-state index contributed by atoms with van der Waals surface area (Å²) in [6, 6.07) is 16.4. The molecule has 4 heteroatoms. The molecule has 0 aliphatic carbocycles. The zero-order valence-corrected chi connectivity index (χ0v) is 15.8. The Bertz CT molecular complexity index is 923. The molecular weight excluding hydrogens is 336 g/mol. The van der Waals surface area contributed by atoms with E-state index >= 15 is 0 Å². The van der Waals surface area contributed by atoms with Crippen LogP contribution in [0, 0.1) is 0 Å². The smallest absolute Gasteiger partial charge is 0.260 e. The molecule has 2 aromatic carbocycles. The van der Waals surface area contributed by atoms with Gasteiger partial charge in [-0.1, -0.05) is 43.3 Å². The van der Waals surface area contributed by atoms with E-state index in [1.807, 2.05) is 29.2 Å². The number of aromatic amines is 1. The maximum absolute atomic E-state index is 12.6. The van der Waals surface area contributed by atoms with Gasteiger partial charge in [0.25, 0.3) is 5.91 Å². The van der Waals surface area contributed by atoms with Crippen LogP contribution in [0.5, 0.6) is 5.75 Å². The zero-order valence-electron chi connectivity index (χ0n) is 15.8. The van der Waals surface area contributed by atoms with E-state index in [1.165, 1.54) is 16.5 Å². The van der Waals surface area contributed by atoms with E-state index < -0.39 is 0 Å². The summed E-state index contributed by atoms with van der Waals surface area (Å²) in [7, 11) is 0. The first-order chi connectivity index (χ1) is 13.3. The summed E-state index contributed by atoms with van der Waals surface area (Å²) in [4.78, 5) is 17.9. The van der Waals surface area contributed by atoms with Crippen molar-refractivity contribution in [1.29, 1.82) is 0 Å². The Morgan fingerprint density at radius 2 is 1.85 bits per heavy atom. The molecule has 1 fully saturated rings. The number of rotatable bonds is 5. The van der Waals surface area contributed by atoms with Crippen molar-refractivity contribution in [3.63, 3.8) is 0 Å². The second-order valence-electron chi connectivity index (χ2n) is 7.19. The minimum absolute atomic E-state index is 0.0817. The monoisotopic (exact) mass is 362 g/mol. The van der Waals surface area contributed by atoms with E-state index in [-0.39, 0.29) is 12.5 Å². The molecule has 4 nitrogen and oxygen atoms in total. The summed E-state index contributed by atoms with van der Waals surface area (Å²) in [6.45, 7) is 3.80. The number of para-hydroxylation sites is 2. The Labute approximate surface area is 160 Å². The van der Waals surface area contributed by atoms with Crippen molar-refractivity contribution in [3.8, 4) is 5.75 Å². The van der Waals surface area contributed by atoms with Gasteiger partial charge in [-0.2, -0.15) is 0 Å². The molecule has 0 radical (unpaired) electrons. The predicted octanol–water partition coefficient (Wildman–Crippen LogP) is 4.52. The van der Waals surface area contributed by atoms with Crippen LogP contribution in [0.3, 0.4) is 0 Å². The first-order valence-corrected chi connectivity index (χ1v) is 9.80. The van der Waals surface area contributed by atoms with Crippen LogP contribution in [0.25, 0.3) is 10.9 Å². The van der Waals surface area contributed by atoms with Gasteiger partial charge in [0.1, 0.15) is 5.75 Å². The Kier molecular flexibility index (Phi) is 5.14. The number of hydrogen-bond acceptors (Lipinski definition) is 2. The topological polar surface area (TPSA) is 45.3 Å². The molecule has 140 valence electrons. The Balaban J connectivity index is 1.34. The maximum Gasteiger partial charge on any atom is 0.260 e. The highest BCUT2D eigenvalue weighted by molar-refractivity contribution is 5.83. The van der Waals surface area contributed by atoms with Gasteiger partial charge < -0.3 is 14.6 Å². The number of nitrogens with zero attached hydrogens (tertiary/aromatic N) is 1. The lowest BCUT2D eigenvalue weighted by Crippen LogP contribution is -2.40. The molecule has 1 aromatic heterocycles. The quantitative estimate of drug-likeness (QED) is 0.725. The number of amides is 1. The molecule has 0 saturated carbocycles. The summed E-state index contributed by atoms with van der Waals surface area (Å²) in [5.74, 6) is 1.41. The summed E-state index contributed by atoms with van der Waals surface area (Å²) in [5.41, 5.74) is 3.71. The van der Waals surface area contributed by atoms with Crippen molar-refractivity contribution in [2.24, 2.45) is 0 Å². The van der Waals surface area contributed by atoms with Gasteiger partial charge in [0.2, 0.25) is 0 Å². The van der Waals surface area contributed by atoms with Gasteiger partial charge in [-0.3, -0.25) is 4.79 Å². The van der Waals surface area contributed by atoms with Crippen molar-refractivity contribution in [2.75, 3.05) is 19.7 Å². The highest BCUT2D eigenvalue weighted by atomic mass is 16.5. The number of benzene rings is 2. The molecule has 0 spiro atoms. The minimum atomic E-state index is 0.0817. The van der Waals surface area contributed by atoms with Crippen LogP contribution in [0.15, 0.2) is 54.7 Å². The molecule has 3 aromatic rings. The Hall–Kier alpha value is -2.75. The van der Waals surface area contributed by atoms with E-state index in [4.69, 9.17) is 4.74 Å². The van der Waals surface area contributed by atoms with Gasteiger partial charge >= 0.3 is 0 Å². The summed E-state index contributed by atoms with van der Waals surface area (Å²) in [6.07, 6.45) is 5.04. The van der Waals surface area contributed by atoms with Crippen LogP contribution in [0.2, 0.25) is 0 Å². The van der Waals surface area contributed by atoms with Crippen molar-refractivity contribution in [2.45, 2.75) is 32.1 Å². The molecule has 0 unspecified atom stereocenters. The molecule has 1 aliphatic rings. The second kappa shape index (κ2) is 7.87. The Morgan fingerprint density at radius 3 is 2.67 bits per heavy atom. The van der Waals surface area contributed by atoms with Crippen LogP contribution in [0.4, 0.5) is 0 Å². The fraction of sp³-hybridized carbons (Fsp3) is 0.348. The van der Waals surface area contributed by atoms with Crippen molar-refractivity contribution in [1.82, 2.24) is 9.88 Å². The molecule has 0 atom stereocenters. The molecule has 1 aliphatic heterocycles. The van der Waals surface area contributed by atoms with E-state index in [0.29, 0.717) is 5.92 Å². The van der Waals surface area contributed by atoms with Gasteiger partial charge in [-0.15, -0.1) is 0 Å². The van der Waals surface area contributed by atoms with Gasteiger partial charge in [-0.25, -0.2) is 0 Å². The fourth-order valence-electron chi connectivity index (χ4n) is 4.04. The van der Waals surface area contributed by atoms with E-state index in [9.17, 15) is 4.79 Å². The molecule has 27 heavy (non-hydrogen) atoms. The average Bonchev–Trinajstić information content (AvgIpc) is 3.16. The molecule has 4 rings (SSSR count). The van der Waals surface area contributed by atoms with Crippen LogP contribution in [0.1, 0.15) is 36.8 Å². The third-order valence-electron chi connectivity index (χ3n) is 5.61. The lowest BCUT2D eigenvalue weighted by atomic mass is 9.89. The average molecular weight is 362 g/mol. The zero-order chi connectivity index (χ0) is 18.6. The van der Waals surface area contributed by atoms with Gasteiger partial charge in [0.15, 0.2) is 6.61 Å². The lowest BCUT2D eigenvalue weighted by molar-refractivity contribution is -0.134. The number of ether oxygens (including phenoxy) is 1. The van der Waals surface area contributed by atoms with Gasteiger partial charge in [0, 0.05) is 30.2 Å². The number of likely N-dealkylation sites (tertiary alicyclic amines) is 1. The molecule has 1 N–H and O–H groups in total. The molecule has 2 heterocycles. The number of aryl methyl sites for hydroxylation is 1. The van der Waals surface area contributed by atoms with Crippen LogP contribution < -0.4 is 4.74 Å². The minimum Gasteiger partial charge on any atom is -0.483 e. The Morgan fingerprint density at radius 1 is 1.11 bits per heavy atom. The van der Waals surface area contributed by atoms with Crippen molar-refractivity contribution in [3.05, 3.63) is 65.9 Å². The number of carbonyl (C=O) groups excluding carboxylic acids is 1. The normalized spacial score (nSPS) is 15.2. The third-order valence-corrected chi connectivity index (χ3v) is 5.61. The number of fused-ring (bicyclic) bond motifs is 1. The molecule has 1 amide bonds. The predicted molar refractivity (Wildman–Crippen MR) is 108 cm³/mol. The number of H-pyrrole nitrogens is 1. The lowest BCUT2D eigenvalue weighted by Gasteiger charge is -2.32. The second-order valence-corrected chi connectivity index (χ2v) is 7.19. The molecule has 1 saturated heterocycles. The number of aromatic nitrogens is 1. The summed E-state index contributed by atoms with van der Waals surface area (Å²) < 4.78 is 5.80. The van der Waals surface area contributed by atoms with Crippen molar-refractivity contribution >= 4 is 16.8 Å². The van der Waals surface area contributed by atoms with Gasteiger partial charge in [0.05, 0.1) is 0 Å². The number of nitrogens with one attached hydrogen (secondary N) is 1. The molecular formula is C23H26N2O2. The SMILES string of the molecule is CCc1ccccc1OCC(=O)N1CCC(c2c[nH]c3ccccc23)CC1. The van der Waals surface area contributed by atoms with Crippen LogP contribution in [-0.2, 0) is 11.2 Å². The highest BCUT2D eigenvalue weighted by Crippen LogP contribution is 2.33.